The number of hydrogen-bond acceptors (Lipinski definition) is 5. The molecule has 0 spiro atoms. The largest absolute Gasteiger partial charge is 0.493 e. The molecule has 1 amide bonds. The third kappa shape index (κ3) is 5.99. The number of benzene rings is 2. The van der Waals surface area contributed by atoms with Crippen LogP contribution >= 0.6 is 11.6 Å². The number of nitrogens with zero attached hydrogens (tertiary/aromatic N) is 1. The highest BCUT2D eigenvalue weighted by Gasteiger charge is 2.11. The van der Waals surface area contributed by atoms with Crippen molar-refractivity contribution in [1.82, 2.24) is 5.32 Å². The number of carbonyl (C=O) groups excluding carboxylic acids is 1. The number of nitro groups is 1. The molecule has 2 aromatic carbocycles. The molecule has 0 saturated carbocycles. The first-order chi connectivity index (χ1) is 13.4. The predicted octanol–water partition coefficient (Wildman–Crippen LogP) is 4.38. The monoisotopic (exact) mass is 404 g/mol. The highest BCUT2D eigenvalue weighted by atomic mass is 35.5. The van der Waals surface area contributed by atoms with Crippen LogP contribution < -0.4 is 14.8 Å². The summed E-state index contributed by atoms with van der Waals surface area (Å²) in [5.74, 6) is 0.664. The second-order valence-corrected chi connectivity index (χ2v) is 6.26. The van der Waals surface area contributed by atoms with Gasteiger partial charge in [-0.3, -0.25) is 14.9 Å². The van der Waals surface area contributed by atoms with Crippen molar-refractivity contribution in [3.05, 3.63) is 68.7 Å². The SMILES string of the molecule is CCCOc1c(Cl)cc(/C=C/C(=O)NCc2ccc([N+](=O)[O-])cc2)cc1OC. The fourth-order valence-electron chi connectivity index (χ4n) is 2.34. The van der Waals surface area contributed by atoms with E-state index in [1.807, 2.05) is 6.92 Å². The van der Waals surface area contributed by atoms with Gasteiger partial charge >= 0.3 is 0 Å². The zero-order valence-corrected chi connectivity index (χ0v) is 16.4. The average molecular weight is 405 g/mol. The van der Waals surface area contributed by atoms with Gasteiger partial charge in [0.1, 0.15) is 0 Å². The number of ether oxygens (including phenoxy) is 2. The minimum atomic E-state index is -0.469. The molecule has 28 heavy (non-hydrogen) atoms. The molecular weight excluding hydrogens is 384 g/mol. The number of halogens is 1. The van der Waals surface area contributed by atoms with Gasteiger partial charge < -0.3 is 14.8 Å². The van der Waals surface area contributed by atoms with Crippen molar-refractivity contribution in [3.8, 4) is 11.5 Å². The number of amides is 1. The van der Waals surface area contributed by atoms with Gasteiger partial charge in [0.2, 0.25) is 5.91 Å². The summed E-state index contributed by atoms with van der Waals surface area (Å²) >= 11 is 6.25. The number of methoxy groups -OCH3 is 1. The maximum atomic E-state index is 12.0. The average Bonchev–Trinajstić information content (AvgIpc) is 2.69. The van der Waals surface area contributed by atoms with Crippen LogP contribution in [0.4, 0.5) is 5.69 Å². The third-order valence-electron chi connectivity index (χ3n) is 3.74. The Morgan fingerprint density at radius 1 is 1.29 bits per heavy atom. The first-order valence-corrected chi connectivity index (χ1v) is 9.02. The van der Waals surface area contributed by atoms with Crippen molar-refractivity contribution in [2.45, 2.75) is 19.9 Å². The molecule has 0 aliphatic carbocycles. The standard InChI is InChI=1S/C20H21ClN2O5/c1-3-10-28-20-17(21)11-15(12-18(20)27-2)6-9-19(24)22-13-14-4-7-16(8-5-14)23(25)26/h4-9,11-12H,3,10,13H2,1-2H3,(H,22,24)/b9-6+. The lowest BCUT2D eigenvalue weighted by molar-refractivity contribution is -0.384. The summed E-state index contributed by atoms with van der Waals surface area (Å²) in [5.41, 5.74) is 1.46. The molecule has 0 heterocycles. The van der Waals surface area contributed by atoms with E-state index < -0.39 is 4.92 Å². The van der Waals surface area contributed by atoms with Gasteiger partial charge in [0, 0.05) is 24.8 Å². The summed E-state index contributed by atoms with van der Waals surface area (Å²) in [6.45, 7) is 2.78. The molecule has 0 radical (unpaired) electrons. The Hall–Kier alpha value is -3.06. The number of rotatable bonds is 9. The van der Waals surface area contributed by atoms with Gasteiger partial charge in [-0.1, -0.05) is 30.7 Å². The van der Waals surface area contributed by atoms with Crippen LogP contribution in [0.15, 0.2) is 42.5 Å². The number of carbonyl (C=O) groups is 1. The third-order valence-corrected chi connectivity index (χ3v) is 4.02. The van der Waals surface area contributed by atoms with Crippen LogP contribution in [0.3, 0.4) is 0 Å². The van der Waals surface area contributed by atoms with E-state index in [-0.39, 0.29) is 18.1 Å². The lowest BCUT2D eigenvalue weighted by Crippen LogP contribution is -2.20. The molecular formula is C20H21ClN2O5. The molecule has 148 valence electrons. The molecule has 0 aliphatic heterocycles. The molecule has 0 aliphatic rings. The van der Waals surface area contributed by atoms with Gasteiger partial charge in [0.05, 0.1) is 23.7 Å². The molecule has 0 bridgehead atoms. The molecule has 0 aromatic heterocycles. The van der Waals surface area contributed by atoms with Crippen molar-refractivity contribution in [3.63, 3.8) is 0 Å². The molecule has 2 rings (SSSR count). The second kappa shape index (κ2) is 10.3. The predicted molar refractivity (Wildman–Crippen MR) is 108 cm³/mol. The van der Waals surface area contributed by atoms with Crippen molar-refractivity contribution in [2.24, 2.45) is 0 Å². The Morgan fingerprint density at radius 3 is 2.61 bits per heavy atom. The van der Waals surface area contributed by atoms with E-state index in [1.165, 1.54) is 25.3 Å². The molecule has 0 saturated heterocycles. The molecule has 0 atom stereocenters. The lowest BCUT2D eigenvalue weighted by atomic mass is 10.1. The fourth-order valence-corrected chi connectivity index (χ4v) is 2.61. The van der Waals surface area contributed by atoms with Crippen LogP contribution in [0.5, 0.6) is 11.5 Å². The highest BCUT2D eigenvalue weighted by molar-refractivity contribution is 6.32. The van der Waals surface area contributed by atoms with Crippen LogP contribution in [0.2, 0.25) is 5.02 Å². The Balaban J connectivity index is 1.99. The van der Waals surface area contributed by atoms with Gasteiger partial charge in [-0.15, -0.1) is 0 Å². The number of nitro benzene ring substituents is 1. The van der Waals surface area contributed by atoms with Gasteiger partial charge in [-0.05, 0) is 35.8 Å². The minimum absolute atomic E-state index is 0.00663. The van der Waals surface area contributed by atoms with Gasteiger partial charge in [0.25, 0.3) is 5.69 Å². The Morgan fingerprint density at radius 2 is 2.00 bits per heavy atom. The van der Waals surface area contributed by atoms with E-state index in [1.54, 1.807) is 30.3 Å². The van der Waals surface area contributed by atoms with Crippen LogP contribution in [0.1, 0.15) is 24.5 Å². The van der Waals surface area contributed by atoms with Crippen molar-refractivity contribution >= 4 is 29.3 Å². The smallest absolute Gasteiger partial charge is 0.269 e. The summed E-state index contributed by atoms with van der Waals surface area (Å²) in [6.07, 6.45) is 3.84. The summed E-state index contributed by atoms with van der Waals surface area (Å²) in [4.78, 5) is 22.2. The van der Waals surface area contributed by atoms with E-state index in [9.17, 15) is 14.9 Å². The van der Waals surface area contributed by atoms with E-state index >= 15 is 0 Å². The molecule has 1 N–H and O–H groups in total. The number of nitrogens with one attached hydrogen (secondary N) is 1. The van der Waals surface area contributed by atoms with Gasteiger partial charge in [-0.25, -0.2) is 0 Å². The van der Waals surface area contributed by atoms with Gasteiger partial charge in [0.15, 0.2) is 11.5 Å². The van der Waals surface area contributed by atoms with E-state index in [2.05, 4.69) is 5.32 Å². The van der Waals surface area contributed by atoms with Crippen LogP contribution in [0, 0.1) is 10.1 Å². The summed E-state index contributed by atoms with van der Waals surface area (Å²) in [7, 11) is 1.52. The van der Waals surface area contributed by atoms with E-state index in [0.717, 1.165) is 12.0 Å². The lowest BCUT2D eigenvalue weighted by Gasteiger charge is -2.12. The van der Waals surface area contributed by atoms with Gasteiger partial charge in [-0.2, -0.15) is 0 Å². The minimum Gasteiger partial charge on any atom is -0.493 e. The van der Waals surface area contributed by atoms with E-state index in [0.29, 0.717) is 28.7 Å². The second-order valence-electron chi connectivity index (χ2n) is 5.86. The first kappa shape index (κ1) is 21.2. The van der Waals surface area contributed by atoms with Crippen molar-refractivity contribution in [1.29, 1.82) is 0 Å². The molecule has 0 fully saturated rings. The van der Waals surface area contributed by atoms with Crippen molar-refractivity contribution in [2.75, 3.05) is 13.7 Å². The van der Waals surface area contributed by atoms with Crippen LogP contribution in [-0.4, -0.2) is 24.5 Å². The normalized spacial score (nSPS) is 10.7. The quantitative estimate of drug-likeness (QED) is 0.380. The Bertz CT molecular complexity index is 866. The zero-order valence-electron chi connectivity index (χ0n) is 15.6. The maximum absolute atomic E-state index is 12.0. The van der Waals surface area contributed by atoms with Crippen LogP contribution in [-0.2, 0) is 11.3 Å². The Kier molecular flexibility index (Phi) is 7.83. The summed E-state index contributed by atoms with van der Waals surface area (Å²) in [6, 6.07) is 9.41. The number of non-ortho nitro benzene ring substituents is 1. The van der Waals surface area contributed by atoms with Crippen LogP contribution in [0.25, 0.3) is 6.08 Å². The van der Waals surface area contributed by atoms with Crippen molar-refractivity contribution < 1.29 is 19.2 Å². The highest BCUT2D eigenvalue weighted by Crippen LogP contribution is 2.36. The van der Waals surface area contributed by atoms with E-state index in [4.69, 9.17) is 21.1 Å². The topological polar surface area (TPSA) is 90.7 Å². The first-order valence-electron chi connectivity index (χ1n) is 8.64. The summed E-state index contributed by atoms with van der Waals surface area (Å²) < 4.78 is 10.9. The number of hydrogen-bond donors (Lipinski definition) is 1. The molecule has 0 unspecified atom stereocenters. The fraction of sp³-hybridized carbons (Fsp3) is 0.250. The summed E-state index contributed by atoms with van der Waals surface area (Å²) in [5, 5.41) is 13.8. The molecule has 8 heteroatoms. The molecule has 2 aromatic rings. The zero-order chi connectivity index (χ0) is 20.5. The molecule has 7 nitrogen and oxygen atoms in total. The maximum Gasteiger partial charge on any atom is 0.269 e. The Labute approximate surface area is 168 Å².